The average Bonchev–Trinajstić information content (AvgIpc) is 2.64. The Bertz CT molecular complexity index is 601. The molecule has 0 aliphatic carbocycles. The highest BCUT2D eigenvalue weighted by molar-refractivity contribution is 7.89. The van der Waals surface area contributed by atoms with Gasteiger partial charge in [-0.15, -0.1) is 0 Å². The van der Waals surface area contributed by atoms with Crippen molar-refractivity contribution >= 4 is 33.3 Å². The number of aromatic nitrogens is 2. The molecule has 0 spiro atoms. The number of carbonyl (C=O) groups excluding carboxylic acids is 1. The Morgan fingerprint density at radius 2 is 2.00 bits per heavy atom. The standard InChI is InChI=1S/C8H12N6O3S/c9-6-7(10)12-3-13-8(6)14-2-4(1-5(14)15)18(11,16)17/h3-4H,1-2,9H2,(H2,10,12,13)(H2,11,16,17). The summed E-state index contributed by atoms with van der Waals surface area (Å²) < 4.78 is 22.4. The number of anilines is 3. The van der Waals surface area contributed by atoms with Crippen molar-refractivity contribution in [1.29, 1.82) is 0 Å². The van der Waals surface area contributed by atoms with Gasteiger partial charge < -0.3 is 11.5 Å². The third-order valence-electron chi connectivity index (χ3n) is 2.70. The number of primary sulfonamides is 1. The quantitative estimate of drug-likeness (QED) is 0.563. The molecule has 1 aromatic rings. The minimum Gasteiger partial charge on any atom is -0.393 e. The molecule has 10 heteroatoms. The Kier molecular flexibility index (Phi) is 2.83. The number of sulfonamides is 1. The molecule has 18 heavy (non-hydrogen) atoms. The molecule has 98 valence electrons. The average molecular weight is 272 g/mol. The summed E-state index contributed by atoms with van der Waals surface area (Å²) in [6.45, 7) is -0.0850. The van der Waals surface area contributed by atoms with Gasteiger partial charge in [-0.3, -0.25) is 9.69 Å². The molecule has 1 aliphatic heterocycles. The van der Waals surface area contributed by atoms with Crippen molar-refractivity contribution in [3.8, 4) is 0 Å². The van der Waals surface area contributed by atoms with Crippen LogP contribution < -0.4 is 21.5 Å². The number of amides is 1. The second-order valence-corrected chi connectivity index (χ2v) is 5.76. The van der Waals surface area contributed by atoms with E-state index in [4.69, 9.17) is 16.6 Å². The van der Waals surface area contributed by atoms with Gasteiger partial charge in [-0.05, 0) is 0 Å². The molecule has 1 unspecified atom stereocenters. The highest BCUT2D eigenvalue weighted by Crippen LogP contribution is 2.29. The largest absolute Gasteiger partial charge is 0.393 e. The molecule has 1 amide bonds. The van der Waals surface area contributed by atoms with Crippen LogP contribution in [0.4, 0.5) is 17.3 Å². The third-order valence-corrected chi connectivity index (χ3v) is 3.95. The lowest BCUT2D eigenvalue weighted by atomic mass is 10.4. The number of nitrogens with two attached hydrogens (primary N) is 3. The molecule has 0 saturated carbocycles. The summed E-state index contributed by atoms with van der Waals surface area (Å²) in [6.07, 6.45) is 0.959. The van der Waals surface area contributed by atoms with Gasteiger partial charge in [0.05, 0.1) is 0 Å². The van der Waals surface area contributed by atoms with E-state index in [0.29, 0.717) is 0 Å². The summed E-state index contributed by atoms with van der Waals surface area (Å²) in [4.78, 5) is 20.4. The minimum atomic E-state index is -3.78. The highest BCUT2D eigenvalue weighted by atomic mass is 32.2. The fourth-order valence-electron chi connectivity index (χ4n) is 1.71. The molecular weight excluding hydrogens is 260 g/mol. The zero-order valence-corrected chi connectivity index (χ0v) is 10.1. The first-order valence-electron chi connectivity index (χ1n) is 4.98. The van der Waals surface area contributed by atoms with E-state index in [0.717, 1.165) is 11.2 Å². The highest BCUT2D eigenvalue weighted by Gasteiger charge is 2.38. The maximum Gasteiger partial charge on any atom is 0.229 e. The van der Waals surface area contributed by atoms with Gasteiger partial charge in [-0.2, -0.15) is 0 Å². The van der Waals surface area contributed by atoms with Crippen LogP contribution in [-0.2, 0) is 14.8 Å². The van der Waals surface area contributed by atoms with Gasteiger partial charge in [0.25, 0.3) is 0 Å². The number of hydrogen-bond donors (Lipinski definition) is 3. The van der Waals surface area contributed by atoms with Crippen LogP contribution in [0.3, 0.4) is 0 Å². The van der Waals surface area contributed by atoms with Crippen molar-refractivity contribution in [3.63, 3.8) is 0 Å². The lowest BCUT2D eigenvalue weighted by molar-refractivity contribution is -0.117. The fourth-order valence-corrected chi connectivity index (χ4v) is 2.45. The first kappa shape index (κ1) is 12.5. The summed E-state index contributed by atoms with van der Waals surface area (Å²) in [6, 6.07) is 0. The molecule has 2 heterocycles. The van der Waals surface area contributed by atoms with Crippen molar-refractivity contribution in [2.24, 2.45) is 5.14 Å². The molecule has 1 fully saturated rings. The van der Waals surface area contributed by atoms with Crippen LogP contribution in [0.2, 0.25) is 0 Å². The summed E-state index contributed by atoms with van der Waals surface area (Å²) in [5, 5.41) is 4.06. The summed E-state index contributed by atoms with van der Waals surface area (Å²) in [5.74, 6) is -0.274. The number of rotatable bonds is 2. The molecule has 2 rings (SSSR count). The molecule has 1 saturated heterocycles. The molecule has 1 aliphatic rings. The first-order valence-corrected chi connectivity index (χ1v) is 6.59. The van der Waals surface area contributed by atoms with E-state index in [1.54, 1.807) is 0 Å². The molecule has 0 aromatic carbocycles. The predicted molar refractivity (Wildman–Crippen MR) is 64.7 cm³/mol. The van der Waals surface area contributed by atoms with E-state index in [-0.39, 0.29) is 30.3 Å². The van der Waals surface area contributed by atoms with Gasteiger partial charge in [0.1, 0.15) is 17.3 Å². The molecule has 0 radical (unpaired) electrons. The Labute approximate surface area is 103 Å². The maximum atomic E-state index is 11.7. The van der Waals surface area contributed by atoms with Crippen molar-refractivity contribution in [1.82, 2.24) is 9.97 Å². The molecule has 1 atom stereocenters. The normalized spacial score (nSPS) is 20.4. The van der Waals surface area contributed by atoms with Crippen molar-refractivity contribution in [2.45, 2.75) is 11.7 Å². The number of nitrogen functional groups attached to an aromatic ring is 2. The Morgan fingerprint density at radius 1 is 1.33 bits per heavy atom. The number of nitrogens with zero attached hydrogens (tertiary/aromatic N) is 3. The number of carbonyl (C=O) groups is 1. The Balaban J connectivity index is 2.36. The van der Waals surface area contributed by atoms with Gasteiger partial charge in [-0.1, -0.05) is 0 Å². The summed E-state index contributed by atoms with van der Waals surface area (Å²) >= 11 is 0. The topological polar surface area (TPSA) is 158 Å². The molecule has 0 bridgehead atoms. The molecule has 1 aromatic heterocycles. The SMILES string of the molecule is Nc1ncnc(N2CC(S(N)(=O)=O)CC2=O)c1N. The fraction of sp³-hybridized carbons (Fsp3) is 0.375. The second-order valence-electron chi connectivity index (χ2n) is 3.92. The zero-order chi connectivity index (χ0) is 13.5. The molecular formula is C8H12N6O3S. The van der Waals surface area contributed by atoms with Crippen molar-refractivity contribution in [3.05, 3.63) is 6.33 Å². The lowest BCUT2D eigenvalue weighted by Gasteiger charge is -2.17. The van der Waals surface area contributed by atoms with Crippen LogP contribution in [0.25, 0.3) is 0 Å². The van der Waals surface area contributed by atoms with E-state index >= 15 is 0 Å². The minimum absolute atomic E-state index is 0.0341. The van der Waals surface area contributed by atoms with Gasteiger partial charge >= 0.3 is 0 Å². The van der Waals surface area contributed by atoms with Crippen LogP contribution >= 0.6 is 0 Å². The Hall–Kier alpha value is -1.94. The Morgan fingerprint density at radius 3 is 2.56 bits per heavy atom. The van der Waals surface area contributed by atoms with E-state index < -0.39 is 21.2 Å². The van der Waals surface area contributed by atoms with Crippen LogP contribution in [0.5, 0.6) is 0 Å². The smallest absolute Gasteiger partial charge is 0.229 e. The second kappa shape index (κ2) is 4.07. The van der Waals surface area contributed by atoms with Crippen LogP contribution in [0.1, 0.15) is 6.42 Å². The summed E-state index contributed by atoms with van der Waals surface area (Å²) in [5.41, 5.74) is 11.2. The van der Waals surface area contributed by atoms with Gasteiger partial charge in [-0.25, -0.2) is 23.5 Å². The lowest BCUT2D eigenvalue weighted by Crippen LogP contribution is -2.32. The van der Waals surface area contributed by atoms with E-state index in [2.05, 4.69) is 9.97 Å². The van der Waals surface area contributed by atoms with Gasteiger partial charge in [0.2, 0.25) is 15.9 Å². The monoisotopic (exact) mass is 272 g/mol. The van der Waals surface area contributed by atoms with Crippen LogP contribution in [-0.4, -0.2) is 36.1 Å². The van der Waals surface area contributed by atoms with Crippen molar-refractivity contribution in [2.75, 3.05) is 22.9 Å². The molecule has 9 nitrogen and oxygen atoms in total. The van der Waals surface area contributed by atoms with Gasteiger partial charge in [0.15, 0.2) is 11.6 Å². The maximum absolute atomic E-state index is 11.7. The zero-order valence-electron chi connectivity index (χ0n) is 9.28. The van der Waals surface area contributed by atoms with E-state index in [1.807, 2.05) is 0 Å². The van der Waals surface area contributed by atoms with Crippen LogP contribution in [0.15, 0.2) is 6.33 Å². The van der Waals surface area contributed by atoms with E-state index in [9.17, 15) is 13.2 Å². The van der Waals surface area contributed by atoms with Crippen molar-refractivity contribution < 1.29 is 13.2 Å². The van der Waals surface area contributed by atoms with Crippen LogP contribution in [0, 0.1) is 0 Å². The molecule has 6 N–H and O–H groups in total. The third kappa shape index (κ3) is 2.07. The first-order chi connectivity index (χ1) is 8.30. The van der Waals surface area contributed by atoms with Gasteiger partial charge in [0, 0.05) is 13.0 Å². The van der Waals surface area contributed by atoms with E-state index in [1.165, 1.54) is 0 Å². The predicted octanol–water partition coefficient (Wildman–Crippen LogP) is -1.97. The number of hydrogen-bond acceptors (Lipinski definition) is 7. The summed E-state index contributed by atoms with van der Waals surface area (Å²) in [7, 11) is -3.78.